The molecule has 2 aromatic carbocycles. The quantitative estimate of drug-likeness (QED) is 0.207. The Labute approximate surface area is 231 Å². The summed E-state index contributed by atoms with van der Waals surface area (Å²) in [5, 5.41) is 4.47. The van der Waals surface area contributed by atoms with Gasteiger partial charge >= 0.3 is 5.97 Å². The third-order valence-corrected chi connectivity index (χ3v) is 7.38. The van der Waals surface area contributed by atoms with Gasteiger partial charge in [0, 0.05) is 10.6 Å². The van der Waals surface area contributed by atoms with Crippen LogP contribution in [0.5, 0.6) is 0 Å². The summed E-state index contributed by atoms with van der Waals surface area (Å²) < 4.78 is 32.4. The molecule has 196 valence electrons. The Hall–Kier alpha value is -3.41. The van der Waals surface area contributed by atoms with Gasteiger partial charge in [-0.1, -0.05) is 30.0 Å². The number of hydrogen-bond acceptors (Lipinski definition) is 7. The van der Waals surface area contributed by atoms with Gasteiger partial charge in [-0.2, -0.15) is 0 Å². The molecule has 38 heavy (non-hydrogen) atoms. The lowest BCUT2D eigenvalue weighted by atomic mass is 10.1. The monoisotopic (exact) mass is 572 g/mol. The van der Waals surface area contributed by atoms with Crippen LogP contribution in [0, 0.1) is 11.6 Å². The van der Waals surface area contributed by atoms with E-state index in [9.17, 15) is 23.2 Å². The van der Waals surface area contributed by atoms with Crippen molar-refractivity contribution >= 4 is 69.2 Å². The highest BCUT2D eigenvalue weighted by Crippen LogP contribution is 2.35. The van der Waals surface area contributed by atoms with Gasteiger partial charge in [0.1, 0.15) is 16.5 Å². The number of rotatable bonds is 6. The molecule has 11 heteroatoms. The molecule has 2 amide bonds. The predicted molar refractivity (Wildman–Crippen MR) is 150 cm³/mol. The average molecular weight is 573 g/mol. The van der Waals surface area contributed by atoms with Crippen LogP contribution < -0.4 is 5.32 Å². The molecular weight excluding hydrogens is 551 g/mol. The number of thiocarbonyl (C=S) groups is 1. The number of amides is 2. The van der Waals surface area contributed by atoms with Crippen LogP contribution >= 0.6 is 35.3 Å². The molecule has 6 nitrogen and oxygen atoms in total. The van der Waals surface area contributed by atoms with E-state index in [0.717, 1.165) is 28.8 Å². The minimum absolute atomic E-state index is 0.244. The first-order chi connectivity index (χ1) is 17.9. The first-order valence-electron chi connectivity index (χ1n) is 11.3. The number of ether oxygens (including phenoxy) is 1. The van der Waals surface area contributed by atoms with Gasteiger partial charge in [0.25, 0.3) is 5.91 Å². The molecule has 4 rings (SSSR count). The molecule has 0 radical (unpaired) electrons. The maximum absolute atomic E-state index is 13.6. The number of nitrogens with zero attached hydrogens (tertiary/aromatic N) is 1. The molecule has 0 atom stereocenters. The molecule has 0 bridgehead atoms. The summed E-state index contributed by atoms with van der Waals surface area (Å²) in [5.74, 6) is -3.19. The minimum atomic E-state index is -0.937. The number of carbonyl (C=O) groups is 3. The molecule has 2 heterocycles. The standard InChI is InChI=1S/C27H22F2N2O4S3/c1-27(2,3)35-25(34)15-4-7-18(8-5-15)30-23(32)13-31-24(33)22(38-26(31)36)12-19-10-17(14-37-19)16-6-9-20(28)21(29)11-16/h4-12,14H,13H2,1-3H3,(H,30,32). The van der Waals surface area contributed by atoms with Gasteiger partial charge in [-0.3, -0.25) is 14.5 Å². The summed E-state index contributed by atoms with van der Waals surface area (Å²) in [6, 6.07) is 11.7. The summed E-state index contributed by atoms with van der Waals surface area (Å²) in [6.07, 6.45) is 1.65. The lowest BCUT2D eigenvalue weighted by molar-refractivity contribution is -0.126. The summed E-state index contributed by atoms with van der Waals surface area (Å²) in [7, 11) is 0. The highest BCUT2D eigenvalue weighted by atomic mass is 32.2. The molecule has 1 fully saturated rings. The summed E-state index contributed by atoms with van der Waals surface area (Å²) in [5.41, 5.74) is 1.38. The Kier molecular flexibility index (Phi) is 8.10. The number of carbonyl (C=O) groups excluding carboxylic acids is 3. The molecule has 1 aliphatic rings. The molecule has 1 aliphatic heterocycles. The van der Waals surface area contributed by atoms with E-state index >= 15 is 0 Å². The van der Waals surface area contributed by atoms with Crippen molar-refractivity contribution in [3.63, 3.8) is 0 Å². The molecule has 1 N–H and O–H groups in total. The van der Waals surface area contributed by atoms with Crippen molar-refractivity contribution in [2.24, 2.45) is 0 Å². The lowest BCUT2D eigenvalue weighted by Gasteiger charge is -2.19. The van der Waals surface area contributed by atoms with Crippen molar-refractivity contribution in [3.8, 4) is 11.1 Å². The minimum Gasteiger partial charge on any atom is -0.456 e. The third kappa shape index (κ3) is 6.72. The van der Waals surface area contributed by atoms with E-state index in [-0.39, 0.29) is 10.9 Å². The molecule has 0 aliphatic carbocycles. The number of thioether (sulfide) groups is 1. The molecule has 1 aromatic heterocycles. The Morgan fingerprint density at radius 3 is 2.42 bits per heavy atom. The second-order valence-electron chi connectivity index (χ2n) is 9.26. The second kappa shape index (κ2) is 11.1. The van der Waals surface area contributed by atoms with Crippen molar-refractivity contribution in [1.82, 2.24) is 4.90 Å². The number of nitrogens with one attached hydrogen (secondary N) is 1. The fraction of sp³-hybridized carbons (Fsp3) is 0.185. The summed E-state index contributed by atoms with van der Waals surface area (Å²) in [4.78, 5) is 40.0. The average Bonchev–Trinajstić information content (AvgIpc) is 3.40. The molecule has 0 saturated carbocycles. The van der Waals surface area contributed by atoms with Crippen molar-refractivity contribution in [3.05, 3.63) is 80.9 Å². The lowest BCUT2D eigenvalue weighted by Crippen LogP contribution is -2.36. The van der Waals surface area contributed by atoms with Crippen LogP contribution in [0.2, 0.25) is 0 Å². The van der Waals surface area contributed by atoms with E-state index in [1.54, 1.807) is 62.6 Å². The van der Waals surface area contributed by atoms with Gasteiger partial charge in [0.15, 0.2) is 11.6 Å². The number of hydrogen-bond donors (Lipinski definition) is 1. The summed E-state index contributed by atoms with van der Waals surface area (Å²) in [6.45, 7) is 5.05. The van der Waals surface area contributed by atoms with Crippen LogP contribution in [-0.2, 0) is 14.3 Å². The maximum Gasteiger partial charge on any atom is 0.338 e. The van der Waals surface area contributed by atoms with Crippen LogP contribution in [0.15, 0.2) is 58.8 Å². The Morgan fingerprint density at radius 2 is 1.76 bits per heavy atom. The smallest absolute Gasteiger partial charge is 0.338 e. The Balaban J connectivity index is 1.38. The molecule has 1 saturated heterocycles. The highest BCUT2D eigenvalue weighted by molar-refractivity contribution is 8.26. The zero-order valence-corrected chi connectivity index (χ0v) is 23.0. The fourth-order valence-corrected chi connectivity index (χ4v) is 5.56. The first kappa shape index (κ1) is 27.6. The largest absolute Gasteiger partial charge is 0.456 e. The second-order valence-corrected chi connectivity index (χ2v) is 11.9. The van der Waals surface area contributed by atoms with Gasteiger partial charge in [-0.15, -0.1) is 11.3 Å². The first-order valence-corrected chi connectivity index (χ1v) is 13.4. The van der Waals surface area contributed by atoms with Crippen molar-refractivity contribution in [2.75, 3.05) is 11.9 Å². The highest BCUT2D eigenvalue weighted by Gasteiger charge is 2.33. The van der Waals surface area contributed by atoms with Gasteiger partial charge in [-0.05, 0) is 85.8 Å². The van der Waals surface area contributed by atoms with Crippen LogP contribution in [0.4, 0.5) is 14.5 Å². The molecule has 0 unspecified atom stereocenters. The predicted octanol–water partition coefficient (Wildman–Crippen LogP) is 6.49. The van der Waals surface area contributed by atoms with Gasteiger partial charge < -0.3 is 10.1 Å². The third-order valence-electron chi connectivity index (χ3n) is 5.12. The van der Waals surface area contributed by atoms with Crippen LogP contribution in [0.1, 0.15) is 36.0 Å². The van der Waals surface area contributed by atoms with Gasteiger partial charge in [-0.25, -0.2) is 13.6 Å². The number of thiophene rings is 1. The zero-order valence-electron chi connectivity index (χ0n) is 20.5. The van der Waals surface area contributed by atoms with Crippen LogP contribution in [0.25, 0.3) is 17.2 Å². The van der Waals surface area contributed by atoms with Crippen LogP contribution in [0.3, 0.4) is 0 Å². The molecule has 3 aromatic rings. The van der Waals surface area contributed by atoms with Crippen molar-refractivity contribution < 1.29 is 27.9 Å². The topological polar surface area (TPSA) is 75.7 Å². The van der Waals surface area contributed by atoms with Crippen molar-refractivity contribution in [1.29, 1.82) is 0 Å². The van der Waals surface area contributed by atoms with E-state index < -0.39 is 35.0 Å². The normalized spacial score (nSPS) is 14.8. The van der Waals surface area contributed by atoms with E-state index in [1.165, 1.54) is 22.3 Å². The number of halogens is 2. The van der Waals surface area contributed by atoms with E-state index in [2.05, 4.69) is 5.32 Å². The number of anilines is 1. The van der Waals surface area contributed by atoms with Crippen LogP contribution in [-0.4, -0.2) is 39.1 Å². The SMILES string of the molecule is CC(C)(C)OC(=O)c1ccc(NC(=O)CN2C(=O)C(=Cc3cc(-c4ccc(F)c(F)c4)cs3)SC2=S)cc1. The zero-order chi connectivity index (χ0) is 27.6. The van der Waals surface area contributed by atoms with E-state index in [0.29, 0.717) is 27.3 Å². The number of benzene rings is 2. The van der Waals surface area contributed by atoms with Crippen molar-refractivity contribution in [2.45, 2.75) is 26.4 Å². The Morgan fingerprint density at radius 1 is 1.05 bits per heavy atom. The molecular formula is C27H22F2N2O4S3. The van der Waals surface area contributed by atoms with E-state index in [1.807, 2.05) is 0 Å². The summed E-state index contributed by atoms with van der Waals surface area (Å²) >= 11 is 7.73. The maximum atomic E-state index is 13.6. The Bertz CT molecular complexity index is 1460. The fourth-order valence-electron chi connectivity index (χ4n) is 3.39. The van der Waals surface area contributed by atoms with E-state index in [4.69, 9.17) is 17.0 Å². The van der Waals surface area contributed by atoms with Gasteiger partial charge in [0.05, 0.1) is 10.5 Å². The van der Waals surface area contributed by atoms with Gasteiger partial charge in [0.2, 0.25) is 5.91 Å². The number of esters is 1. The molecule has 0 spiro atoms.